The first-order valence-corrected chi connectivity index (χ1v) is 9.09. The largest absolute Gasteiger partial charge is 0.450 e. The van der Waals surface area contributed by atoms with Crippen LogP contribution in [0.15, 0.2) is 11.5 Å². The molecule has 1 unspecified atom stereocenters. The molecule has 116 valence electrons. The van der Waals surface area contributed by atoms with Gasteiger partial charge in [-0.1, -0.05) is 45.4 Å². The average Bonchev–Trinajstić information content (AvgIpc) is 2.72. The predicted molar refractivity (Wildman–Crippen MR) is 79.2 cm³/mol. The summed E-state index contributed by atoms with van der Waals surface area (Å²) in [4.78, 5) is 11.4. The number of nitrogens with one attached hydrogen (secondary N) is 1. The zero-order chi connectivity index (χ0) is 14.8. The second-order valence-electron chi connectivity index (χ2n) is 5.17. The molecule has 0 aromatic rings. The molecule has 0 aromatic heterocycles. The Balaban J connectivity index is 1.97. The molecule has 0 bridgehead atoms. The number of hydrogen-bond acceptors (Lipinski definition) is 4. The minimum absolute atomic E-state index is 0.0699. The zero-order valence-electron chi connectivity index (χ0n) is 12.1. The van der Waals surface area contributed by atoms with Crippen LogP contribution in [0.1, 0.15) is 51.9 Å². The minimum atomic E-state index is -3.13. The van der Waals surface area contributed by atoms with Crippen molar-refractivity contribution in [2.45, 2.75) is 57.9 Å². The Kier molecular flexibility index (Phi) is 7.65. The van der Waals surface area contributed by atoms with E-state index in [1.807, 2.05) is 0 Å². The van der Waals surface area contributed by atoms with Gasteiger partial charge in [0.15, 0.2) is 9.84 Å². The third-order valence-corrected chi connectivity index (χ3v) is 4.61. The fourth-order valence-corrected chi connectivity index (χ4v) is 3.32. The lowest BCUT2D eigenvalue weighted by Gasteiger charge is -2.10. The number of alkyl carbamates (subject to hydrolysis) is 1. The standard InChI is InChI=1S/C14H25NO4S/c1-2-3-4-5-6-7-8-10-19-14(16)15-13-9-11-20(17,18)12-13/h9,11,13H,2-8,10,12H2,1H3,(H,15,16). The molecule has 1 N–H and O–H groups in total. The van der Waals surface area contributed by atoms with E-state index < -0.39 is 22.0 Å². The monoisotopic (exact) mass is 303 g/mol. The van der Waals surface area contributed by atoms with Crippen LogP contribution in [0.4, 0.5) is 4.79 Å². The molecule has 1 aliphatic heterocycles. The Labute approximate surface area is 121 Å². The van der Waals surface area contributed by atoms with Crippen molar-refractivity contribution in [3.8, 4) is 0 Å². The lowest BCUT2D eigenvalue weighted by molar-refractivity contribution is 0.142. The Morgan fingerprint density at radius 2 is 1.85 bits per heavy atom. The van der Waals surface area contributed by atoms with Gasteiger partial charge >= 0.3 is 6.09 Å². The molecule has 1 amide bonds. The number of carbonyl (C=O) groups excluding carboxylic acids is 1. The third kappa shape index (κ3) is 7.53. The van der Waals surface area contributed by atoms with Crippen molar-refractivity contribution in [3.63, 3.8) is 0 Å². The van der Waals surface area contributed by atoms with Crippen molar-refractivity contribution in [1.82, 2.24) is 5.32 Å². The van der Waals surface area contributed by atoms with E-state index >= 15 is 0 Å². The highest BCUT2D eigenvalue weighted by Crippen LogP contribution is 2.09. The van der Waals surface area contributed by atoms with Gasteiger partial charge < -0.3 is 10.1 Å². The molecule has 0 aromatic carbocycles. The van der Waals surface area contributed by atoms with Crippen LogP contribution in [0.2, 0.25) is 0 Å². The smallest absolute Gasteiger partial charge is 0.407 e. The van der Waals surface area contributed by atoms with Gasteiger partial charge in [-0.3, -0.25) is 0 Å². The Morgan fingerprint density at radius 1 is 1.20 bits per heavy atom. The van der Waals surface area contributed by atoms with Crippen molar-refractivity contribution in [2.75, 3.05) is 12.4 Å². The number of ether oxygens (including phenoxy) is 1. The molecule has 0 saturated heterocycles. The summed E-state index contributed by atoms with van der Waals surface area (Å²) in [6.45, 7) is 2.58. The lowest BCUT2D eigenvalue weighted by Crippen LogP contribution is -2.36. The van der Waals surface area contributed by atoms with Crippen LogP contribution in [0.3, 0.4) is 0 Å². The topological polar surface area (TPSA) is 72.5 Å². The summed E-state index contributed by atoms with van der Waals surface area (Å²) in [5, 5.41) is 3.66. The van der Waals surface area contributed by atoms with E-state index in [9.17, 15) is 13.2 Å². The third-order valence-electron chi connectivity index (χ3n) is 3.21. The van der Waals surface area contributed by atoms with Crippen LogP contribution >= 0.6 is 0 Å². The molecule has 0 saturated carbocycles. The number of sulfone groups is 1. The highest BCUT2D eigenvalue weighted by molar-refractivity contribution is 7.94. The molecule has 0 spiro atoms. The Hall–Kier alpha value is -1.04. The minimum Gasteiger partial charge on any atom is -0.450 e. The van der Waals surface area contributed by atoms with Gasteiger partial charge in [-0.15, -0.1) is 0 Å². The highest BCUT2D eigenvalue weighted by atomic mass is 32.2. The van der Waals surface area contributed by atoms with Crippen molar-refractivity contribution in [1.29, 1.82) is 0 Å². The molecule has 5 nitrogen and oxygen atoms in total. The molecule has 0 aliphatic carbocycles. The van der Waals surface area contributed by atoms with E-state index in [4.69, 9.17) is 4.74 Å². The van der Waals surface area contributed by atoms with Crippen molar-refractivity contribution >= 4 is 15.9 Å². The summed E-state index contributed by atoms with van der Waals surface area (Å²) >= 11 is 0. The number of unbranched alkanes of at least 4 members (excludes halogenated alkanes) is 6. The summed E-state index contributed by atoms with van der Waals surface area (Å²) in [5.74, 6) is -0.0699. The number of carbonyl (C=O) groups is 1. The van der Waals surface area contributed by atoms with Gasteiger partial charge in [0.05, 0.1) is 18.4 Å². The molecular weight excluding hydrogens is 278 g/mol. The highest BCUT2D eigenvalue weighted by Gasteiger charge is 2.23. The molecule has 1 atom stereocenters. The van der Waals surface area contributed by atoms with Gasteiger partial charge in [0, 0.05) is 5.41 Å². The van der Waals surface area contributed by atoms with E-state index in [0.717, 1.165) is 18.2 Å². The molecule has 6 heteroatoms. The van der Waals surface area contributed by atoms with E-state index in [1.165, 1.54) is 38.2 Å². The van der Waals surface area contributed by atoms with Crippen LogP contribution in [-0.2, 0) is 14.6 Å². The summed E-state index contributed by atoms with van der Waals surface area (Å²) in [6.07, 6.45) is 9.09. The molecular formula is C14H25NO4S. The first-order valence-electron chi connectivity index (χ1n) is 7.38. The van der Waals surface area contributed by atoms with Gasteiger partial charge in [-0.25, -0.2) is 13.2 Å². The molecule has 1 rings (SSSR count). The quantitative estimate of drug-likeness (QED) is 0.665. The van der Waals surface area contributed by atoms with Gasteiger partial charge in [-0.2, -0.15) is 0 Å². The van der Waals surface area contributed by atoms with E-state index in [1.54, 1.807) is 0 Å². The van der Waals surface area contributed by atoms with Crippen LogP contribution in [0.25, 0.3) is 0 Å². The number of hydrogen-bond donors (Lipinski definition) is 1. The average molecular weight is 303 g/mol. The van der Waals surface area contributed by atoms with Crippen LogP contribution < -0.4 is 5.32 Å². The molecule has 0 radical (unpaired) electrons. The summed E-state index contributed by atoms with van der Waals surface area (Å²) in [5.41, 5.74) is 0. The Bertz CT molecular complexity index is 417. The first-order chi connectivity index (χ1) is 9.53. The Morgan fingerprint density at radius 3 is 2.45 bits per heavy atom. The number of amides is 1. The maximum absolute atomic E-state index is 11.4. The fraction of sp³-hybridized carbons (Fsp3) is 0.786. The van der Waals surface area contributed by atoms with Crippen molar-refractivity contribution in [3.05, 3.63) is 11.5 Å². The van der Waals surface area contributed by atoms with Crippen molar-refractivity contribution in [2.24, 2.45) is 0 Å². The zero-order valence-corrected chi connectivity index (χ0v) is 13.0. The fourth-order valence-electron chi connectivity index (χ4n) is 2.08. The van der Waals surface area contributed by atoms with Crippen LogP contribution in [0, 0.1) is 0 Å². The summed E-state index contributed by atoms with van der Waals surface area (Å²) in [6, 6.07) is -0.457. The molecule has 1 aliphatic rings. The van der Waals surface area contributed by atoms with Gasteiger partial charge in [-0.05, 0) is 12.5 Å². The second kappa shape index (κ2) is 9.00. The number of rotatable bonds is 9. The van der Waals surface area contributed by atoms with Gasteiger partial charge in [0.1, 0.15) is 0 Å². The first kappa shape index (κ1) is 17.0. The second-order valence-corrected chi connectivity index (χ2v) is 7.10. The molecule has 1 heterocycles. The van der Waals surface area contributed by atoms with Crippen molar-refractivity contribution < 1.29 is 17.9 Å². The summed E-state index contributed by atoms with van der Waals surface area (Å²) in [7, 11) is -3.13. The van der Waals surface area contributed by atoms with E-state index in [0.29, 0.717) is 6.61 Å². The van der Waals surface area contributed by atoms with Crippen LogP contribution in [0.5, 0.6) is 0 Å². The maximum Gasteiger partial charge on any atom is 0.407 e. The molecule has 20 heavy (non-hydrogen) atoms. The molecule has 0 fully saturated rings. The lowest BCUT2D eigenvalue weighted by atomic mass is 10.1. The normalized spacial score (nSPS) is 19.9. The van der Waals surface area contributed by atoms with Gasteiger partial charge in [0.25, 0.3) is 0 Å². The van der Waals surface area contributed by atoms with Crippen LogP contribution in [-0.4, -0.2) is 32.9 Å². The SMILES string of the molecule is CCCCCCCCCOC(=O)NC1C=CS(=O)(=O)C1. The summed E-state index contributed by atoms with van der Waals surface area (Å²) < 4.78 is 27.3. The maximum atomic E-state index is 11.4. The predicted octanol–water partition coefficient (Wildman–Crippen LogP) is 2.77. The van der Waals surface area contributed by atoms with E-state index in [2.05, 4.69) is 12.2 Å². The van der Waals surface area contributed by atoms with E-state index in [-0.39, 0.29) is 5.75 Å². The van der Waals surface area contributed by atoms with Gasteiger partial charge in [0.2, 0.25) is 0 Å².